The second-order valence-electron chi connectivity index (χ2n) is 3.75. The minimum Gasteiger partial charge on any atom is -0.383 e. The number of nitrogens with two attached hydrogens (primary N) is 1. The first-order chi connectivity index (χ1) is 6.50. The van der Waals surface area contributed by atoms with Gasteiger partial charge in [0.25, 0.3) is 0 Å². The molecule has 0 unspecified atom stereocenters. The van der Waals surface area contributed by atoms with Crippen molar-refractivity contribution < 1.29 is 0 Å². The van der Waals surface area contributed by atoms with Gasteiger partial charge in [0, 0.05) is 23.5 Å². The summed E-state index contributed by atoms with van der Waals surface area (Å²) in [5.41, 5.74) is 8.92. The number of hydrogen-bond acceptors (Lipinski definition) is 2. The zero-order valence-corrected chi connectivity index (χ0v) is 9.20. The highest BCUT2D eigenvalue weighted by atomic mass is 14.9. The van der Waals surface area contributed by atoms with Gasteiger partial charge < -0.3 is 5.73 Å². The molecule has 0 aliphatic carbocycles. The molecule has 1 aromatic heterocycles. The van der Waals surface area contributed by atoms with Crippen LogP contribution in [0.25, 0.3) is 0 Å². The summed E-state index contributed by atoms with van der Waals surface area (Å²) in [4.78, 5) is 8.50. The Balaban J connectivity index is 3.07. The van der Waals surface area contributed by atoms with Gasteiger partial charge >= 0.3 is 0 Å². The van der Waals surface area contributed by atoms with Crippen molar-refractivity contribution in [2.75, 3.05) is 0 Å². The predicted molar refractivity (Wildman–Crippen MR) is 59.6 cm³/mol. The fourth-order valence-corrected chi connectivity index (χ4v) is 1.31. The van der Waals surface area contributed by atoms with Crippen LogP contribution < -0.4 is 5.73 Å². The summed E-state index contributed by atoms with van der Waals surface area (Å²) in [5.74, 6) is 0.574. The normalized spacial score (nSPS) is 12.2. The summed E-state index contributed by atoms with van der Waals surface area (Å²) in [7, 11) is 0. The van der Waals surface area contributed by atoms with Gasteiger partial charge in [-0.3, -0.25) is 9.98 Å². The van der Waals surface area contributed by atoms with Gasteiger partial charge in [-0.25, -0.2) is 0 Å². The highest BCUT2D eigenvalue weighted by Crippen LogP contribution is 2.07. The molecule has 1 rings (SSSR count). The Morgan fingerprint density at radius 1 is 1.43 bits per heavy atom. The topological polar surface area (TPSA) is 51.3 Å². The molecule has 0 fully saturated rings. The highest BCUT2D eigenvalue weighted by Gasteiger charge is 2.04. The molecule has 14 heavy (non-hydrogen) atoms. The van der Waals surface area contributed by atoms with Crippen molar-refractivity contribution in [1.29, 1.82) is 0 Å². The molecule has 3 heteroatoms. The molecule has 0 saturated heterocycles. The predicted octanol–water partition coefficient (Wildman–Crippen LogP) is 1.81. The van der Waals surface area contributed by atoms with Crippen molar-refractivity contribution in [2.45, 2.75) is 33.7 Å². The molecule has 0 saturated carbocycles. The maximum absolute atomic E-state index is 5.86. The van der Waals surface area contributed by atoms with Crippen LogP contribution in [0.1, 0.15) is 30.7 Å². The van der Waals surface area contributed by atoms with Crippen LogP contribution >= 0.6 is 0 Å². The zero-order valence-electron chi connectivity index (χ0n) is 9.20. The Morgan fingerprint density at radius 2 is 2.07 bits per heavy atom. The molecule has 0 radical (unpaired) electrons. The molecule has 0 amide bonds. The molecule has 0 aromatic carbocycles. The lowest BCUT2D eigenvalue weighted by Crippen LogP contribution is -2.17. The number of rotatable bonds is 2. The van der Waals surface area contributed by atoms with Crippen LogP contribution in [0.15, 0.2) is 17.3 Å². The maximum Gasteiger partial charge on any atom is 0.127 e. The first kappa shape index (κ1) is 10.7. The quantitative estimate of drug-likeness (QED) is 0.572. The molecular weight excluding hydrogens is 174 g/mol. The third kappa shape index (κ3) is 2.55. The van der Waals surface area contributed by atoms with E-state index in [-0.39, 0.29) is 6.04 Å². The summed E-state index contributed by atoms with van der Waals surface area (Å²) in [5, 5.41) is 0. The number of pyridine rings is 1. The Kier molecular flexibility index (Phi) is 3.23. The van der Waals surface area contributed by atoms with Crippen LogP contribution in [-0.2, 0) is 0 Å². The fourth-order valence-electron chi connectivity index (χ4n) is 1.31. The van der Waals surface area contributed by atoms with Crippen LogP contribution in [0.5, 0.6) is 0 Å². The molecule has 1 heterocycles. The minimum atomic E-state index is 0.218. The van der Waals surface area contributed by atoms with Crippen molar-refractivity contribution >= 4 is 5.84 Å². The van der Waals surface area contributed by atoms with E-state index in [2.05, 4.69) is 9.98 Å². The third-order valence-electron chi connectivity index (χ3n) is 1.92. The van der Waals surface area contributed by atoms with Gasteiger partial charge in [0.05, 0.1) is 0 Å². The monoisotopic (exact) mass is 191 g/mol. The minimum absolute atomic E-state index is 0.218. The lowest BCUT2D eigenvalue weighted by atomic mass is 10.1. The molecular formula is C11H17N3. The number of aliphatic imine (C=N–C) groups is 1. The van der Waals surface area contributed by atoms with Gasteiger partial charge in [0.2, 0.25) is 0 Å². The number of hydrogen-bond donors (Lipinski definition) is 1. The van der Waals surface area contributed by atoms with Crippen LogP contribution in [0.4, 0.5) is 0 Å². The van der Waals surface area contributed by atoms with Gasteiger partial charge in [-0.1, -0.05) is 0 Å². The van der Waals surface area contributed by atoms with Crippen LogP contribution in [0.2, 0.25) is 0 Å². The van der Waals surface area contributed by atoms with E-state index >= 15 is 0 Å². The van der Waals surface area contributed by atoms with Gasteiger partial charge in [-0.05, 0) is 39.3 Å². The summed E-state index contributed by atoms with van der Waals surface area (Å²) >= 11 is 0. The third-order valence-corrected chi connectivity index (χ3v) is 1.92. The van der Waals surface area contributed by atoms with Crippen molar-refractivity contribution in [1.82, 2.24) is 4.98 Å². The van der Waals surface area contributed by atoms with E-state index in [1.54, 1.807) is 6.20 Å². The van der Waals surface area contributed by atoms with E-state index in [1.807, 2.05) is 33.8 Å². The average Bonchev–Trinajstić information content (AvgIpc) is 2.01. The summed E-state index contributed by atoms with van der Waals surface area (Å²) < 4.78 is 0. The van der Waals surface area contributed by atoms with Crippen LogP contribution in [0, 0.1) is 13.8 Å². The van der Waals surface area contributed by atoms with E-state index in [1.165, 1.54) is 0 Å². The summed E-state index contributed by atoms with van der Waals surface area (Å²) in [6.45, 7) is 7.99. The lowest BCUT2D eigenvalue weighted by molar-refractivity contribution is 0.834. The first-order valence-electron chi connectivity index (χ1n) is 4.77. The molecule has 2 N–H and O–H groups in total. The number of nitrogens with zero attached hydrogens (tertiary/aromatic N) is 2. The molecule has 1 aromatic rings. The zero-order chi connectivity index (χ0) is 10.7. The summed E-state index contributed by atoms with van der Waals surface area (Å²) in [6.07, 6.45) is 1.78. The van der Waals surface area contributed by atoms with Crippen LogP contribution in [0.3, 0.4) is 0 Å². The second-order valence-corrected chi connectivity index (χ2v) is 3.75. The largest absolute Gasteiger partial charge is 0.383 e. The summed E-state index contributed by atoms with van der Waals surface area (Å²) in [6, 6.07) is 2.23. The van der Waals surface area contributed by atoms with Crippen LogP contribution in [-0.4, -0.2) is 16.9 Å². The Labute approximate surface area is 85.1 Å². The molecule has 0 atom stereocenters. The van der Waals surface area contributed by atoms with Gasteiger partial charge in [0.1, 0.15) is 5.84 Å². The lowest BCUT2D eigenvalue weighted by Gasteiger charge is -2.06. The number of amidine groups is 1. The SMILES string of the molecule is Cc1cc(C)c(C(N)=NC(C)C)cn1. The average molecular weight is 191 g/mol. The number of aromatic nitrogens is 1. The van der Waals surface area contributed by atoms with Crippen molar-refractivity contribution in [3.8, 4) is 0 Å². The van der Waals surface area contributed by atoms with Gasteiger partial charge in [0.15, 0.2) is 0 Å². The van der Waals surface area contributed by atoms with E-state index in [9.17, 15) is 0 Å². The standard InChI is InChI=1S/C11H17N3/c1-7(2)14-11(12)10-6-13-9(4)5-8(10)3/h5-7H,1-4H3,(H2,12,14). The second kappa shape index (κ2) is 4.22. The van der Waals surface area contributed by atoms with E-state index in [0.717, 1.165) is 16.8 Å². The molecule has 3 nitrogen and oxygen atoms in total. The van der Waals surface area contributed by atoms with Crippen molar-refractivity contribution in [3.05, 3.63) is 29.1 Å². The van der Waals surface area contributed by atoms with E-state index in [4.69, 9.17) is 5.73 Å². The Morgan fingerprint density at radius 3 is 2.57 bits per heavy atom. The first-order valence-corrected chi connectivity index (χ1v) is 4.77. The van der Waals surface area contributed by atoms with Crippen molar-refractivity contribution in [2.24, 2.45) is 10.7 Å². The molecule has 0 aliphatic heterocycles. The Hall–Kier alpha value is -1.38. The maximum atomic E-state index is 5.86. The molecule has 0 aliphatic rings. The number of aryl methyl sites for hydroxylation is 2. The van der Waals surface area contributed by atoms with E-state index in [0.29, 0.717) is 5.84 Å². The van der Waals surface area contributed by atoms with E-state index < -0.39 is 0 Å². The Bertz CT molecular complexity index is 354. The molecule has 76 valence electrons. The smallest absolute Gasteiger partial charge is 0.127 e. The fraction of sp³-hybridized carbons (Fsp3) is 0.455. The highest BCUT2D eigenvalue weighted by molar-refractivity contribution is 5.98. The van der Waals surface area contributed by atoms with Gasteiger partial charge in [-0.15, -0.1) is 0 Å². The van der Waals surface area contributed by atoms with Crippen molar-refractivity contribution in [3.63, 3.8) is 0 Å². The van der Waals surface area contributed by atoms with Gasteiger partial charge in [-0.2, -0.15) is 0 Å². The molecule has 0 spiro atoms. The molecule has 0 bridgehead atoms.